The second-order valence-electron chi connectivity index (χ2n) is 4.85. The molecule has 0 radical (unpaired) electrons. The second-order valence-corrected chi connectivity index (χ2v) is 4.85. The van der Waals surface area contributed by atoms with Crippen molar-refractivity contribution in [3.8, 4) is 0 Å². The molecule has 0 saturated heterocycles. The predicted molar refractivity (Wildman–Crippen MR) is 67.0 cm³/mol. The molecule has 0 aliphatic heterocycles. The van der Waals surface area contributed by atoms with E-state index in [2.05, 4.69) is 0 Å². The van der Waals surface area contributed by atoms with Gasteiger partial charge in [-0.3, -0.25) is 0 Å². The maximum Gasteiger partial charge on any atom is 0.0934 e. The summed E-state index contributed by atoms with van der Waals surface area (Å²) < 4.78 is 0. The minimum atomic E-state index is -1.11. The predicted octanol–water partition coefficient (Wildman–Crippen LogP) is 2.61. The van der Waals surface area contributed by atoms with Gasteiger partial charge in [0.1, 0.15) is 0 Å². The average Bonchev–Trinajstić information content (AvgIpc) is 2.17. The lowest BCUT2D eigenvalue weighted by molar-refractivity contribution is -0.117. The fourth-order valence-electron chi connectivity index (χ4n) is 1.24. The molecule has 1 aromatic rings. The SMILES string of the molecule is CC(C)(O)C(C)(O)CC=Cc1ccccc1. The van der Waals surface area contributed by atoms with E-state index in [4.69, 9.17) is 0 Å². The molecule has 1 atom stereocenters. The van der Waals surface area contributed by atoms with Crippen molar-refractivity contribution in [3.05, 3.63) is 42.0 Å². The molecule has 2 N–H and O–H groups in total. The van der Waals surface area contributed by atoms with Crippen LogP contribution in [0.4, 0.5) is 0 Å². The van der Waals surface area contributed by atoms with Gasteiger partial charge in [0, 0.05) is 0 Å². The first-order valence-corrected chi connectivity index (χ1v) is 5.49. The van der Waals surface area contributed by atoms with Gasteiger partial charge in [-0.15, -0.1) is 0 Å². The molecule has 0 bridgehead atoms. The molecule has 1 aromatic carbocycles. The summed E-state index contributed by atoms with van der Waals surface area (Å²) in [5, 5.41) is 19.8. The highest BCUT2D eigenvalue weighted by molar-refractivity contribution is 5.48. The molecule has 88 valence electrons. The number of hydrogen-bond acceptors (Lipinski definition) is 2. The highest BCUT2D eigenvalue weighted by Crippen LogP contribution is 2.25. The summed E-state index contributed by atoms with van der Waals surface area (Å²) in [6.45, 7) is 4.87. The minimum Gasteiger partial charge on any atom is -0.387 e. The van der Waals surface area contributed by atoms with E-state index in [-0.39, 0.29) is 0 Å². The summed E-state index contributed by atoms with van der Waals surface area (Å²) in [4.78, 5) is 0. The van der Waals surface area contributed by atoms with E-state index in [1.54, 1.807) is 20.8 Å². The van der Waals surface area contributed by atoms with Gasteiger partial charge in [0.25, 0.3) is 0 Å². The zero-order valence-electron chi connectivity index (χ0n) is 10.1. The molecule has 0 amide bonds. The van der Waals surface area contributed by atoms with E-state index < -0.39 is 11.2 Å². The van der Waals surface area contributed by atoms with Crippen LogP contribution >= 0.6 is 0 Å². The van der Waals surface area contributed by atoms with Gasteiger partial charge in [-0.05, 0) is 32.8 Å². The summed E-state index contributed by atoms with van der Waals surface area (Å²) in [5.74, 6) is 0. The Kier molecular flexibility index (Phi) is 3.89. The normalized spacial score (nSPS) is 16.3. The van der Waals surface area contributed by atoms with Crippen LogP contribution in [0.5, 0.6) is 0 Å². The van der Waals surface area contributed by atoms with E-state index in [1.807, 2.05) is 42.5 Å². The Morgan fingerprint density at radius 2 is 1.62 bits per heavy atom. The first kappa shape index (κ1) is 12.9. The third-order valence-electron chi connectivity index (χ3n) is 2.94. The summed E-state index contributed by atoms with van der Waals surface area (Å²) >= 11 is 0. The zero-order chi connectivity index (χ0) is 12.2. The van der Waals surface area contributed by atoms with Crippen LogP contribution in [0.2, 0.25) is 0 Å². The average molecular weight is 220 g/mol. The van der Waals surface area contributed by atoms with Crippen molar-refractivity contribution < 1.29 is 10.2 Å². The molecule has 0 aliphatic rings. The highest BCUT2D eigenvalue weighted by atomic mass is 16.3. The molecule has 0 aliphatic carbocycles. The maximum absolute atomic E-state index is 10.0. The number of aliphatic hydroxyl groups is 2. The summed E-state index contributed by atoms with van der Waals surface area (Å²) in [5.41, 5.74) is -1.12. The Balaban J connectivity index is 2.62. The lowest BCUT2D eigenvalue weighted by atomic mass is 9.85. The van der Waals surface area contributed by atoms with Crippen molar-refractivity contribution in [1.29, 1.82) is 0 Å². The molecule has 16 heavy (non-hydrogen) atoms. The van der Waals surface area contributed by atoms with Crippen molar-refractivity contribution >= 4 is 6.08 Å². The number of hydrogen-bond donors (Lipinski definition) is 2. The van der Waals surface area contributed by atoms with Crippen molar-refractivity contribution in [2.24, 2.45) is 0 Å². The molecule has 2 heteroatoms. The van der Waals surface area contributed by atoms with Crippen molar-refractivity contribution in [2.45, 2.75) is 38.4 Å². The van der Waals surface area contributed by atoms with E-state index in [0.29, 0.717) is 6.42 Å². The maximum atomic E-state index is 10.0. The standard InChI is InChI=1S/C14H20O2/c1-13(2,15)14(3,16)11-7-10-12-8-5-4-6-9-12/h4-10,15-16H,11H2,1-3H3. The molecule has 0 aromatic heterocycles. The van der Waals surface area contributed by atoms with Gasteiger partial charge >= 0.3 is 0 Å². The van der Waals surface area contributed by atoms with Crippen LogP contribution in [-0.4, -0.2) is 21.4 Å². The summed E-state index contributed by atoms with van der Waals surface area (Å²) in [6, 6.07) is 9.89. The Morgan fingerprint density at radius 3 is 2.12 bits per heavy atom. The van der Waals surface area contributed by atoms with Crippen molar-refractivity contribution in [2.75, 3.05) is 0 Å². The molecule has 1 unspecified atom stereocenters. The molecule has 0 saturated carbocycles. The summed E-state index contributed by atoms with van der Waals surface area (Å²) in [7, 11) is 0. The Bertz CT molecular complexity index is 345. The van der Waals surface area contributed by atoms with Crippen LogP contribution in [0.3, 0.4) is 0 Å². The molecular formula is C14H20O2. The summed E-state index contributed by atoms with van der Waals surface area (Å²) in [6.07, 6.45) is 4.25. The number of rotatable bonds is 4. The van der Waals surface area contributed by atoms with Crippen LogP contribution in [0.25, 0.3) is 6.08 Å². The molecular weight excluding hydrogens is 200 g/mol. The van der Waals surface area contributed by atoms with Crippen molar-refractivity contribution in [1.82, 2.24) is 0 Å². The van der Waals surface area contributed by atoms with Gasteiger partial charge in [-0.25, -0.2) is 0 Å². The first-order chi connectivity index (χ1) is 7.33. The highest BCUT2D eigenvalue weighted by Gasteiger charge is 2.36. The number of benzene rings is 1. The van der Waals surface area contributed by atoms with E-state index in [1.165, 1.54) is 0 Å². The first-order valence-electron chi connectivity index (χ1n) is 5.49. The van der Waals surface area contributed by atoms with Crippen LogP contribution in [0.1, 0.15) is 32.8 Å². The fourth-order valence-corrected chi connectivity index (χ4v) is 1.24. The molecule has 0 fully saturated rings. The van der Waals surface area contributed by atoms with Gasteiger partial charge < -0.3 is 10.2 Å². The molecule has 1 rings (SSSR count). The molecule has 0 heterocycles. The van der Waals surface area contributed by atoms with Gasteiger partial charge in [0.05, 0.1) is 11.2 Å². The van der Waals surface area contributed by atoms with E-state index in [0.717, 1.165) is 5.56 Å². The third kappa shape index (κ3) is 3.47. The zero-order valence-corrected chi connectivity index (χ0v) is 10.1. The van der Waals surface area contributed by atoms with Crippen LogP contribution < -0.4 is 0 Å². The fraction of sp³-hybridized carbons (Fsp3) is 0.429. The Hall–Kier alpha value is -1.12. The van der Waals surface area contributed by atoms with Crippen LogP contribution in [0.15, 0.2) is 36.4 Å². The molecule has 2 nitrogen and oxygen atoms in total. The lowest BCUT2D eigenvalue weighted by Gasteiger charge is -2.34. The monoisotopic (exact) mass is 220 g/mol. The molecule has 0 spiro atoms. The van der Waals surface area contributed by atoms with Crippen LogP contribution in [0, 0.1) is 0 Å². The topological polar surface area (TPSA) is 40.5 Å². The Morgan fingerprint density at radius 1 is 1.06 bits per heavy atom. The van der Waals surface area contributed by atoms with E-state index >= 15 is 0 Å². The van der Waals surface area contributed by atoms with Gasteiger partial charge in [0.15, 0.2) is 0 Å². The third-order valence-corrected chi connectivity index (χ3v) is 2.94. The van der Waals surface area contributed by atoms with Gasteiger partial charge in [0.2, 0.25) is 0 Å². The van der Waals surface area contributed by atoms with E-state index in [9.17, 15) is 10.2 Å². The largest absolute Gasteiger partial charge is 0.387 e. The second kappa shape index (κ2) is 4.81. The lowest BCUT2D eigenvalue weighted by Crippen LogP contribution is -2.47. The minimum absolute atomic E-state index is 0.422. The van der Waals surface area contributed by atoms with Gasteiger partial charge in [-0.1, -0.05) is 42.5 Å². The Labute approximate surface area is 97.2 Å². The smallest absolute Gasteiger partial charge is 0.0934 e. The van der Waals surface area contributed by atoms with Gasteiger partial charge in [-0.2, -0.15) is 0 Å². The van der Waals surface area contributed by atoms with Crippen LogP contribution in [-0.2, 0) is 0 Å². The quantitative estimate of drug-likeness (QED) is 0.819. The van der Waals surface area contributed by atoms with Crippen molar-refractivity contribution in [3.63, 3.8) is 0 Å².